The number of nitrogens with zero attached hydrogens (tertiary/aromatic N) is 1. The highest BCUT2D eigenvalue weighted by Crippen LogP contribution is 2.33. The lowest BCUT2D eigenvalue weighted by molar-refractivity contribution is 0.0150. The van der Waals surface area contributed by atoms with Crippen molar-refractivity contribution in [1.29, 1.82) is 0 Å². The van der Waals surface area contributed by atoms with Crippen molar-refractivity contribution in [3.05, 3.63) is 70.2 Å². The van der Waals surface area contributed by atoms with E-state index in [4.69, 9.17) is 14.2 Å². The van der Waals surface area contributed by atoms with Crippen molar-refractivity contribution in [3.63, 3.8) is 0 Å². The third kappa shape index (κ3) is 4.24. The Labute approximate surface area is 188 Å². The lowest BCUT2D eigenvalue weighted by atomic mass is 9.92. The van der Waals surface area contributed by atoms with Crippen LogP contribution in [0.25, 0.3) is 11.3 Å². The van der Waals surface area contributed by atoms with Gasteiger partial charge in [-0.3, -0.25) is 9.69 Å². The van der Waals surface area contributed by atoms with E-state index in [1.807, 2.05) is 19.2 Å². The minimum Gasteiger partial charge on any atom is -0.493 e. The molecule has 1 amide bonds. The average Bonchev–Trinajstić information content (AvgIpc) is 3.28. The number of amides is 1. The van der Waals surface area contributed by atoms with E-state index < -0.39 is 0 Å². The van der Waals surface area contributed by atoms with E-state index in [1.54, 1.807) is 33.6 Å². The van der Waals surface area contributed by atoms with Crippen LogP contribution in [0.5, 0.6) is 0 Å². The molecular weight excluding hydrogens is 406 g/mol. The second kappa shape index (κ2) is 9.51. The number of hydrogen-bond donors (Lipinski definition) is 2. The zero-order valence-corrected chi connectivity index (χ0v) is 19.0. The number of aromatic nitrogens is 1. The van der Waals surface area contributed by atoms with Crippen LogP contribution in [0.15, 0.2) is 36.4 Å². The van der Waals surface area contributed by atoms with Crippen LogP contribution in [-0.4, -0.2) is 56.3 Å². The maximum absolute atomic E-state index is 11.9. The van der Waals surface area contributed by atoms with Crippen LogP contribution in [0.2, 0.25) is 0 Å². The standard InChI is InChI=1S/C25H29N3O4/c1-16-24-20(9-11-27-24)21(23(31-4)15-32-16)14-28-12-10-19(30-3)13-22(28)17-5-7-18(8-6-17)25(29)26-2/h5,7,9,11,15,19,22,27H,10,12-14H2,1-4H3,(H,26,29)/t19-,22-/m0/s1. The van der Waals surface area contributed by atoms with E-state index >= 15 is 0 Å². The molecule has 2 aliphatic heterocycles. The number of rotatable bonds is 6. The molecule has 168 valence electrons. The van der Waals surface area contributed by atoms with Crippen molar-refractivity contribution in [2.75, 3.05) is 34.4 Å². The number of H-pyrrole nitrogens is 1. The summed E-state index contributed by atoms with van der Waals surface area (Å²) in [6.07, 6.45) is 5.54. The largest absolute Gasteiger partial charge is 0.493 e. The number of methoxy groups -OCH3 is 2. The van der Waals surface area contributed by atoms with Crippen molar-refractivity contribution < 1.29 is 19.0 Å². The summed E-state index contributed by atoms with van der Waals surface area (Å²) in [6, 6.07) is 12.1. The molecule has 7 nitrogen and oxygen atoms in total. The molecule has 1 saturated heterocycles. The fourth-order valence-electron chi connectivity index (χ4n) is 4.42. The first-order valence-corrected chi connectivity index (χ1v) is 10.8. The van der Waals surface area contributed by atoms with Crippen molar-refractivity contribution in [2.24, 2.45) is 0 Å². The van der Waals surface area contributed by atoms with Gasteiger partial charge in [0.15, 0.2) is 5.76 Å². The molecule has 1 aromatic carbocycles. The van der Waals surface area contributed by atoms with Crippen LogP contribution in [0.3, 0.4) is 0 Å². The Morgan fingerprint density at radius 2 is 2.16 bits per heavy atom. The number of nitrogens with one attached hydrogen (secondary N) is 2. The van der Waals surface area contributed by atoms with Gasteiger partial charge in [-0.25, -0.2) is 0 Å². The maximum atomic E-state index is 11.9. The molecule has 3 heterocycles. The summed E-state index contributed by atoms with van der Waals surface area (Å²) in [5.41, 5.74) is 2.53. The van der Waals surface area contributed by atoms with Crippen molar-refractivity contribution in [2.45, 2.75) is 31.9 Å². The predicted octanol–water partition coefficient (Wildman–Crippen LogP) is 1.62. The number of aromatic amines is 1. The third-order valence-electron chi connectivity index (χ3n) is 6.25. The summed E-state index contributed by atoms with van der Waals surface area (Å²) in [5, 5.41) is 4.66. The Hall–Kier alpha value is -3.21. The minimum atomic E-state index is -0.168. The smallest absolute Gasteiger partial charge is 0.259 e. The molecule has 0 bridgehead atoms. The summed E-state index contributed by atoms with van der Waals surface area (Å²) in [4.78, 5) is 17.6. The summed E-state index contributed by atoms with van der Waals surface area (Å²) < 4.78 is 17.2. The average molecular weight is 436 g/mol. The van der Waals surface area contributed by atoms with Gasteiger partial charge in [0.2, 0.25) is 0 Å². The molecule has 0 aliphatic carbocycles. The summed E-state index contributed by atoms with van der Waals surface area (Å²) in [7, 11) is 5.03. The van der Waals surface area contributed by atoms with Crippen LogP contribution in [0, 0.1) is 12.1 Å². The first-order valence-electron chi connectivity index (χ1n) is 10.8. The fourth-order valence-corrected chi connectivity index (χ4v) is 4.42. The van der Waals surface area contributed by atoms with E-state index in [2.05, 4.69) is 33.4 Å². The van der Waals surface area contributed by atoms with Crippen molar-refractivity contribution >= 4 is 17.2 Å². The molecule has 32 heavy (non-hydrogen) atoms. The van der Waals surface area contributed by atoms with E-state index in [0.717, 1.165) is 46.8 Å². The molecule has 2 aliphatic rings. The van der Waals surface area contributed by atoms with Gasteiger partial charge in [0, 0.05) is 55.8 Å². The van der Waals surface area contributed by atoms with Crippen LogP contribution < -0.4 is 15.9 Å². The monoisotopic (exact) mass is 435 g/mol. The summed E-state index contributed by atoms with van der Waals surface area (Å²) in [5.74, 6) is 1.34. The van der Waals surface area contributed by atoms with Gasteiger partial charge in [-0.05, 0) is 38.0 Å². The highest BCUT2D eigenvalue weighted by atomic mass is 16.5. The van der Waals surface area contributed by atoms with Crippen LogP contribution in [0.1, 0.15) is 41.7 Å². The molecule has 1 fully saturated rings. The van der Waals surface area contributed by atoms with E-state index in [1.165, 1.54) is 0 Å². The Balaban J connectivity index is 1.71. The number of fused-ring (bicyclic) bond motifs is 1. The fraction of sp³-hybridized carbons (Fsp3) is 0.400. The van der Waals surface area contributed by atoms with Gasteiger partial charge in [-0.1, -0.05) is 12.1 Å². The molecular formula is C25H29N3O4. The summed E-state index contributed by atoms with van der Waals surface area (Å²) >= 11 is 0. The quantitative estimate of drug-likeness (QED) is 0.721. The van der Waals surface area contributed by atoms with Crippen molar-refractivity contribution in [1.82, 2.24) is 15.2 Å². The first kappa shape index (κ1) is 22.0. The Kier molecular flexibility index (Phi) is 6.54. The first-order chi connectivity index (χ1) is 15.5. The molecule has 0 radical (unpaired) electrons. The van der Waals surface area contributed by atoms with Gasteiger partial charge in [-0.2, -0.15) is 0 Å². The minimum absolute atomic E-state index is 0.0749. The van der Waals surface area contributed by atoms with Gasteiger partial charge < -0.3 is 24.5 Å². The molecule has 1 aromatic heterocycles. The lowest BCUT2D eigenvalue weighted by Crippen LogP contribution is -2.42. The van der Waals surface area contributed by atoms with E-state index in [9.17, 15) is 4.79 Å². The van der Waals surface area contributed by atoms with E-state index in [-0.39, 0.29) is 18.1 Å². The molecule has 2 N–H and O–H groups in total. The number of carbonyl (C=O) groups excluding carboxylic acids is 1. The molecule has 0 unspecified atom stereocenters. The van der Waals surface area contributed by atoms with Crippen LogP contribution >= 0.6 is 0 Å². The molecule has 4 rings (SSSR count). The predicted molar refractivity (Wildman–Crippen MR) is 121 cm³/mol. The second-order valence-electron chi connectivity index (χ2n) is 8.00. The van der Waals surface area contributed by atoms with Crippen LogP contribution in [0.4, 0.5) is 0 Å². The SMILES string of the molecule is CNC(=O)c1c#cc([C@@H]2C[C@@H](OC)CCN2CC2=c3cc[nH]c3=C(C)OC=C2OC)cc1. The molecule has 2 atom stereocenters. The number of hydrogen-bond acceptors (Lipinski definition) is 5. The Morgan fingerprint density at radius 1 is 1.31 bits per heavy atom. The normalized spacial score (nSPS) is 21.1. The van der Waals surface area contributed by atoms with E-state index in [0.29, 0.717) is 17.9 Å². The second-order valence-corrected chi connectivity index (χ2v) is 8.00. The zero-order valence-electron chi connectivity index (χ0n) is 19.0. The Morgan fingerprint density at radius 3 is 2.84 bits per heavy atom. The molecule has 7 heteroatoms. The molecule has 2 aromatic rings. The number of likely N-dealkylation sites (tertiary alicyclic amines) is 1. The van der Waals surface area contributed by atoms with Crippen molar-refractivity contribution in [3.8, 4) is 0 Å². The van der Waals surface area contributed by atoms with Crippen LogP contribution in [-0.2, 0) is 14.2 Å². The highest BCUT2D eigenvalue weighted by molar-refractivity contribution is 5.93. The zero-order chi connectivity index (χ0) is 22.7. The Bertz CT molecular complexity index is 1120. The third-order valence-corrected chi connectivity index (χ3v) is 6.25. The topological polar surface area (TPSA) is 75.8 Å². The lowest BCUT2D eigenvalue weighted by Gasteiger charge is -2.39. The number of ether oxygens (including phenoxy) is 3. The number of carbonyl (C=O) groups is 1. The number of piperidine rings is 1. The van der Waals surface area contributed by atoms with Gasteiger partial charge in [0.05, 0.1) is 24.1 Å². The summed E-state index contributed by atoms with van der Waals surface area (Å²) in [6.45, 7) is 3.47. The van der Waals surface area contributed by atoms with Gasteiger partial charge in [-0.15, -0.1) is 0 Å². The maximum Gasteiger partial charge on any atom is 0.259 e. The van der Waals surface area contributed by atoms with Gasteiger partial charge in [0.25, 0.3) is 5.91 Å². The molecule has 0 saturated carbocycles. The molecule has 0 spiro atoms. The van der Waals surface area contributed by atoms with Gasteiger partial charge in [0.1, 0.15) is 12.0 Å². The van der Waals surface area contributed by atoms with Gasteiger partial charge >= 0.3 is 0 Å². The highest BCUT2D eigenvalue weighted by Gasteiger charge is 2.31.